The molecule has 0 aliphatic heterocycles. The summed E-state index contributed by atoms with van der Waals surface area (Å²) in [4.78, 5) is 0. The van der Waals surface area contributed by atoms with Crippen LogP contribution in [-0.2, 0) is 0 Å². The molecular weight excluding hydrogens is 205 g/mol. The van der Waals surface area contributed by atoms with Gasteiger partial charge >= 0.3 is 0 Å². The highest BCUT2D eigenvalue weighted by Gasteiger charge is 2.13. The van der Waals surface area contributed by atoms with Gasteiger partial charge in [-0.3, -0.25) is 0 Å². The van der Waals surface area contributed by atoms with Gasteiger partial charge in [-0.2, -0.15) is 0 Å². The Kier molecular flexibility index (Phi) is 4.74. The van der Waals surface area contributed by atoms with Gasteiger partial charge in [-0.25, -0.2) is 4.39 Å². The zero-order chi connectivity index (χ0) is 12.1. The van der Waals surface area contributed by atoms with E-state index in [1.807, 2.05) is 0 Å². The summed E-state index contributed by atoms with van der Waals surface area (Å²) in [7, 11) is 1.58. The Morgan fingerprint density at radius 3 is 2.56 bits per heavy atom. The zero-order valence-corrected chi connectivity index (χ0v) is 10.2. The third kappa shape index (κ3) is 3.49. The molecule has 16 heavy (non-hydrogen) atoms. The van der Waals surface area contributed by atoms with Gasteiger partial charge in [0, 0.05) is 11.6 Å². The summed E-state index contributed by atoms with van der Waals surface area (Å²) in [6.45, 7) is 4.30. The van der Waals surface area contributed by atoms with Crippen LogP contribution in [0.3, 0.4) is 0 Å². The number of methoxy groups -OCH3 is 1. The maximum atomic E-state index is 13.1. The SMILES string of the molecule is COc1ccc(F)cc1C(N)CCC(C)C. The molecule has 0 spiro atoms. The van der Waals surface area contributed by atoms with Crippen LogP contribution in [0.4, 0.5) is 4.39 Å². The molecule has 1 unspecified atom stereocenters. The fourth-order valence-corrected chi connectivity index (χ4v) is 1.66. The van der Waals surface area contributed by atoms with Crippen molar-refractivity contribution in [3.63, 3.8) is 0 Å². The van der Waals surface area contributed by atoms with Crippen molar-refractivity contribution in [2.45, 2.75) is 32.7 Å². The van der Waals surface area contributed by atoms with Crippen LogP contribution in [-0.4, -0.2) is 7.11 Å². The average Bonchev–Trinajstić information content (AvgIpc) is 2.25. The molecule has 90 valence electrons. The van der Waals surface area contributed by atoms with Crippen LogP contribution in [0.25, 0.3) is 0 Å². The molecule has 0 bridgehead atoms. The van der Waals surface area contributed by atoms with Crippen molar-refractivity contribution in [1.82, 2.24) is 0 Å². The molecule has 1 aromatic rings. The van der Waals surface area contributed by atoms with Crippen LogP contribution >= 0.6 is 0 Å². The van der Waals surface area contributed by atoms with Crippen LogP contribution in [0.15, 0.2) is 18.2 Å². The predicted molar refractivity (Wildman–Crippen MR) is 64.0 cm³/mol. The third-order valence-corrected chi connectivity index (χ3v) is 2.65. The van der Waals surface area contributed by atoms with Crippen molar-refractivity contribution >= 4 is 0 Å². The lowest BCUT2D eigenvalue weighted by Crippen LogP contribution is -2.12. The predicted octanol–water partition coefficient (Wildman–Crippen LogP) is 3.27. The van der Waals surface area contributed by atoms with E-state index in [0.717, 1.165) is 18.4 Å². The van der Waals surface area contributed by atoms with Crippen LogP contribution in [0.5, 0.6) is 5.75 Å². The molecule has 1 aromatic carbocycles. The van der Waals surface area contributed by atoms with E-state index in [2.05, 4.69) is 13.8 Å². The van der Waals surface area contributed by atoms with E-state index in [9.17, 15) is 4.39 Å². The van der Waals surface area contributed by atoms with Gasteiger partial charge in [-0.1, -0.05) is 13.8 Å². The molecule has 0 aromatic heterocycles. The molecule has 0 fully saturated rings. The van der Waals surface area contributed by atoms with Gasteiger partial charge in [0.15, 0.2) is 0 Å². The second-order valence-corrected chi connectivity index (χ2v) is 4.46. The highest BCUT2D eigenvalue weighted by molar-refractivity contribution is 5.36. The Labute approximate surface area is 96.6 Å². The zero-order valence-electron chi connectivity index (χ0n) is 10.2. The molecule has 1 atom stereocenters. The second kappa shape index (κ2) is 5.85. The van der Waals surface area contributed by atoms with Crippen molar-refractivity contribution < 1.29 is 9.13 Å². The van der Waals surface area contributed by atoms with E-state index in [0.29, 0.717) is 11.7 Å². The Hall–Kier alpha value is -1.09. The van der Waals surface area contributed by atoms with E-state index in [1.165, 1.54) is 12.1 Å². The van der Waals surface area contributed by atoms with E-state index in [-0.39, 0.29) is 11.9 Å². The summed E-state index contributed by atoms with van der Waals surface area (Å²) in [6.07, 6.45) is 1.87. The summed E-state index contributed by atoms with van der Waals surface area (Å²) in [5, 5.41) is 0. The molecular formula is C13H20FNO. The van der Waals surface area contributed by atoms with Crippen molar-refractivity contribution in [3.8, 4) is 5.75 Å². The Morgan fingerprint density at radius 2 is 2.00 bits per heavy atom. The number of benzene rings is 1. The van der Waals surface area contributed by atoms with Crippen LogP contribution in [0, 0.1) is 11.7 Å². The smallest absolute Gasteiger partial charge is 0.123 e. The lowest BCUT2D eigenvalue weighted by Gasteiger charge is -2.16. The molecule has 2 N–H and O–H groups in total. The highest BCUT2D eigenvalue weighted by Crippen LogP contribution is 2.28. The van der Waals surface area contributed by atoms with Crippen molar-refractivity contribution in [2.75, 3.05) is 7.11 Å². The molecule has 1 rings (SSSR count). The highest BCUT2D eigenvalue weighted by atomic mass is 19.1. The van der Waals surface area contributed by atoms with Crippen molar-refractivity contribution in [2.24, 2.45) is 11.7 Å². The van der Waals surface area contributed by atoms with Gasteiger partial charge in [0.05, 0.1) is 7.11 Å². The number of hydrogen-bond acceptors (Lipinski definition) is 2. The first-order chi connectivity index (χ1) is 7.54. The minimum absolute atomic E-state index is 0.159. The van der Waals surface area contributed by atoms with Crippen molar-refractivity contribution in [3.05, 3.63) is 29.6 Å². The summed E-state index contributed by atoms with van der Waals surface area (Å²) in [5.74, 6) is 0.999. The first kappa shape index (κ1) is 13.0. The molecule has 0 radical (unpaired) electrons. The first-order valence-corrected chi connectivity index (χ1v) is 5.63. The standard InChI is InChI=1S/C13H20FNO/c1-9(2)4-6-12(15)11-8-10(14)5-7-13(11)16-3/h5,7-9,12H,4,6,15H2,1-3H3. The molecule has 0 aliphatic carbocycles. The van der Waals surface area contributed by atoms with E-state index < -0.39 is 0 Å². The topological polar surface area (TPSA) is 35.2 Å². The van der Waals surface area contributed by atoms with E-state index in [1.54, 1.807) is 13.2 Å². The van der Waals surface area contributed by atoms with Crippen LogP contribution in [0.2, 0.25) is 0 Å². The van der Waals surface area contributed by atoms with Crippen molar-refractivity contribution in [1.29, 1.82) is 0 Å². The largest absolute Gasteiger partial charge is 0.496 e. The molecule has 2 nitrogen and oxygen atoms in total. The Bertz CT molecular complexity index is 339. The van der Waals surface area contributed by atoms with Gasteiger partial charge in [0.25, 0.3) is 0 Å². The quantitative estimate of drug-likeness (QED) is 0.834. The first-order valence-electron chi connectivity index (χ1n) is 5.63. The molecule has 0 aliphatic rings. The molecule has 0 saturated carbocycles. The average molecular weight is 225 g/mol. The lowest BCUT2D eigenvalue weighted by atomic mass is 9.97. The van der Waals surface area contributed by atoms with Gasteiger partial charge in [0.1, 0.15) is 11.6 Å². The lowest BCUT2D eigenvalue weighted by molar-refractivity contribution is 0.399. The normalized spacial score (nSPS) is 12.9. The summed E-state index contributed by atoms with van der Waals surface area (Å²) < 4.78 is 18.3. The molecule has 0 amide bonds. The number of ether oxygens (including phenoxy) is 1. The molecule has 0 saturated heterocycles. The molecule has 3 heteroatoms. The van der Waals surface area contributed by atoms with Gasteiger partial charge < -0.3 is 10.5 Å². The van der Waals surface area contributed by atoms with Gasteiger partial charge in [-0.15, -0.1) is 0 Å². The Morgan fingerprint density at radius 1 is 1.31 bits per heavy atom. The van der Waals surface area contributed by atoms with Gasteiger partial charge in [0.2, 0.25) is 0 Å². The summed E-state index contributed by atoms with van der Waals surface area (Å²) >= 11 is 0. The minimum atomic E-state index is -0.268. The summed E-state index contributed by atoms with van der Waals surface area (Å²) in [5.41, 5.74) is 6.79. The van der Waals surface area contributed by atoms with E-state index in [4.69, 9.17) is 10.5 Å². The monoisotopic (exact) mass is 225 g/mol. The van der Waals surface area contributed by atoms with E-state index >= 15 is 0 Å². The molecule has 0 heterocycles. The maximum absolute atomic E-state index is 13.1. The fraction of sp³-hybridized carbons (Fsp3) is 0.538. The number of nitrogens with two attached hydrogens (primary N) is 1. The Balaban J connectivity index is 2.80. The summed E-state index contributed by atoms with van der Waals surface area (Å²) in [6, 6.07) is 4.31. The third-order valence-electron chi connectivity index (χ3n) is 2.65. The second-order valence-electron chi connectivity index (χ2n) is 4.46. The number of hydrogen-bond donors (Lipinski definition) is 1. The minimum Gasteiger partial charge on any atom is -0.496 e. The van der Waals surface area contributed by atoms with Gasteiger partial charge in [-0.05, 0) is 37.0 Å². The fourth-order valence-electron chi connectivity index (χ4n) is 1.66. The number of halogens is 1. The van der Waals surface area contributed by atoms with Crippen LogP contribution in [0.1, 0.15) is 38.3 Å². The van der Waals surface area contributed by atoms with Crippen LogP contribution < -0.4 is 10.5 Å². The number of rotatable bonds is 5. The maximum Gasteiger partial charge on any atom is 0.123 e.